The zero-order chi connectivity index (χ0) is 14.1. The Bertz CT molecular complexity index is 673. The second-order valence-corrected chi connectivity index (χ2v) is 5.48. The normalized spacial score (nSPS) is 16.4. The molecule has 1 aliphatic rings. The van der Waals surface area contributed by atoms with Crippen molar-refractivity contribution in [2.45, 2.75) is 5.92 Å². The summed E-state index contributed by atoms with van der Waals surface area (Å²) in [5.41, 5.74) is 2.59. The van der Waals surface area contributed by atoms with E-state index in [9.17, 15) is 4.79 Å². The summed E-state index contributed by atoms with van der Waals surface area (Å²) in [6, 6.07) is 12.8. The van der Waals surface area contributed by atoms with Crippen LogP contribution in [0.2, 0.25) is 10.0 Å². The van der Waals surface area contributed by atoms with Crippen LogP contribution >= 0.6 is 23.2 Å². The number of fused-ring (bicyclic) bond motifs is 1. The molecule has 3 nitrogen and oxygen atoms in total. The quantitative estimate of drug-likeness (QED) is 0.875. The summed E-state index contributed by atoms with van der Waals surface area (Å²) in [5, 5.41) is 7.05. The molecule has 1 unspecified atom stereocenters. The van der Waals surface area contributed by atoms with Gasteiger partial charge in [-0.15, -0.1) is 0 Å². The molecule has 0 radical (unpaired) electrons. The van der Waals surface area contributed by atoms with Crippen molar-refractivity contribution in [3.63, 3.8) is 0 Å². The molecule has 1 heterocycles. The first-order chi connectivity index (χ1) is 9.65. The zero-order valence-electron chi connectivity index (χ0n) is 10.5. The van der Waals surface area contributed by atoms with Crippen molar-refractivity contribution in [1.82, 2.24) is 0 Å². The molecule has 0 aromatic heterocycles. The lowest BCUT2D eigenvalue weighted by atomic mass is 10.0. The lowest BCUT2D eigenvalue weighted by Crippen LogP contribution is -2.22. The molecule has 2 aromatic rings. The third kappa shape index (κ3) is 2.47. The predicted molar refractivity (Wildman–Crippen MR) is 82.8 cm³/mol. The van der Waals surface area contributed by atoms with Gasteiger partial charge < -0.3 is 10.6 Å². The molecule has 1 atom stereocenters. The minimum absolute atomic E-state index is 0.0772. The minimum atomic E-state index is -0.210. The van der Waals surface area contributed by atoms with E-state index in [-0.39, 0.29) is 11.8 Å². The maximum Gasteiger partial charge on any atom is 0.233 e. The maximum atomic E-state index is 12.4. The van der Waals surface area contributed by atoms with Crippen molar-refractivity contribution in [2.75, 3.05) is 17.2 Å². The van der Waals surface area contributed by atoms with E-state index in [0.717, 1.165) is 11.3 Å². The number of amides is 1. The van der Waals surface area contributed by atoms with Crippen LogP contribution in [0.5, 0.6) is 0 Å². The van der Waals surface area contributed by atoms with Crippen molar-refractivity contribution in [2.24, 2.45) is 0 Å². The first-order valence-electron chi connectivity index (χ1n) is 6.24. The van der Waals surface area contributed by atoms with Gasteiger partial charge in [0, 0.05) is 17.3 Å². The summed E-state index contributed by atoms with van der Waals surface area (Å²) in [6.45, 7) is 0.594. The summed E-state index contributed by atoms with van der Waals surface area (Å²) >= 11 is 11.9. The van der Waals surface area contributed by atoms with Gasteiger partial charge in [-0.2, -0.15) is 0 Å². The molecule has 1 aliphatic heterocycles. The van der Waals surface area contributed by atoms with E-state index in [4.69, 9.17) is 23.2 Å². The van der Waals surface area contributed by atoms with E-state index in [1.807, 2.05) is 24.3 Å². The lowest BCUT2D eigenvalue weighted by Gasteiger charge is -2.12. The number of rotatable bonds is 2. The van der Waals surface area contributed by atoms with Gasteiger partial charge in [-0.25, -0.2) is 0 Å². The average Bonchev–Trinajstić information content (AvgIpc) is 2.86. The Labute approximate surface area is 126 Å². The van der Waals surface area contributed by atoms with Crippen LogP contribution in [0.1, 0.15) is 11.5 Å². The van der Waals surface area contributed by atoms with E-state index in [1.54, 1.807) is 18.2 Å². The van der Waals surface area contributed by atoms with Gasteiger partial charge in [0.15, 0.2) is 0 Å². The largest absolute Gasteiger partial charge is 0.384 e. The van der Waals surface area contributed by atoms with Crippen LogP contribution in [-0.2, 0) is 4.79 Å². The molecule has 0 saturated heterocycles. The van der Waals surface area contributed by atoms with E-state index in [1.165, 1.54) is 0 Å². The van der Waals surface area contributed by atoms with Gasteiger partial charge in [0.2, 0.25) is 5.91 Å². The van der Waals surface area contributed by atoms with Crippen molar-refractivity contribution >= 4 is 40.5 Å². The molecule has 0 spiro atoms. The third-order valence-corrected chi connectivity index (χ3v) is 3.89. The van der Waals surface area contributed by atoms with E-state index >= 15 is 0 Å². The smallest absolute Gasteiger partial charge is 0.233 e. The van der Waals surface area contributed by atoms with Crippen LogP contribution in [0.15, 0.2) is 42.5 Å². The number of hydrogen-bond acceptors (Lipinski definition) is 2. The highest BCUT2D eigenvalue weighted by molar-refractivity contribution is 6.36. The number of halogens is 2. The van der Waals surface area contributed by atoms with Gasteiger partial charge in [-0.3, -0.25) is 4.79 Å². The topological polar surface area (TPSA) is 41.1 Å². The Balaban J connectivity index is 1.81. The molecule has 20 heavy (non-hydrogen) atoms. The predicted octanol–water partition coefficient (Wildman–Crippen LogP) is 4.14. The first kappa shape index (κ1) is 13.3. The van der Waals surface area contributed by atoms with Crippen molar-refractivity contribution < 1.29 is 4.79 Å². The number of carbonyl (C=O) groups excluding carboxylic acids is 1. The van der Waals surface area contributed by atoms with Crippen LogP contribution in [0.4, 0.5) is 11.4 Å². The van der Waals surface area contributed by atoms with Crippen LogP contribution in [-0.4, -0.2) is 12.5 Å². The van der Waals surface area contributed by atoms with Crippen LogP contribution in [0, 0.1) is 0 Å². The lowest BCUT2D eigenvalue weighted by molar-refractivity contribution is -0.117. The second kappa shape index (κ2) is 5.35. The highest BCUT2D eigenvalue weighted by Gasteiger charge is 2.28. The van der Waals surface area contributed by atoms with Gasteiger partial charge in [-0.05, 0) is 29.8 Å². The summed E-state index contributed by atoms with van der Waals surface area (Å²) in [7, 11) is 0. The summed E-state index contributed by atoms with van der Waals surface area (Å²) in [5.74, 6) is -0.287. The highest BCUT2D eigenvalue weighted by atomic mass is 35.5. The number of benzene rings is 2. The molecule has 0 fully saturated rings. The Morgan fingerprint density at radius 2 is 2.00 bits per heavy atom. The summed E-state index contributed by atoms with van der Waals surface area (Å²) in [4.78, 5) is 12.4. The van der Waals surface area contributed by atoms with Crippen molar-refractivity contribution in [3.05, 3.63) is 58.1 Å². The molecule has 102 valence electrons. The van der Waals surface area contributed by atoms with Gasteiger partial charge >= 0.3 is 0 Å². The van der Waals surface area contributed by atoms with Gasteiger partial charge in [-0.1, -0.05) is 41.4 Å². The average molecular weight is 307 g/mol. The summed E-state index contributed by atoms with van der Waals surface area (Å²) in [6.07, 6.45) is 0. The maximum absolute atomic E-state index is 12.4. The fourth-order valence-electron chi connectivity index (χ4n) is 2.33. The number of hydrogen-bond donors (Lipinski definition) is 2. The molecule has 2 aromatic carbocycles. The number of para-hydroxylation sites is 1. The van der Waals surface area contributed by atoms with E-state index in [2.05, 4.69) is 10.6 Å². The zero-order valence-corrected chi connectivity index (χ0v) is 12.0. The van der Waals surface area contributed by atoms with Crippen LogP contribution < -0.4 is 10.6 Å². The first-order valence-corrected chi connectivity index (χ1v) is 6.99. The molecular formula is C15H12Cl2N2O. The Hall–Kier alpha value is -1.71. The molecule has 2 N–H and O–H groups in total. The van der Waals surface area contributed by atoms with Gasteiger partial charge in [0.1, 0.15) is 0 Å². The molecular weight excluding hydrogens is 295 g/mol. The second-order valence-electron chi connectivity index (χ2n) is 4.63. The fraction of sp³-hybridized carbons (Fsp3) is 0.133. The van der Waals surface area contributed by atoms with Gasteiger partial charge in [0.25, 0.3) is 0 Å². The minimum Gasteiger partial charge on any atom is -0.384 e. The molecule has 3 rings (SSSR count). The van der Waals surface area contributed by atoms with E-state index < -0.39 is 0 Å². The number of carbonyl (C=O) groups is 1. The SMILES string of the molecule is O=C(Nc1ccc(Cl)cc1Cl)C1CNc2ccccc21. The van der Waals surface area contributed by atoms with Gasteiger partial charge in [0.05, 0.1) is 16.6 Å². The fourth-order valence-corrected chi connectivity index (χ4v) is 2.78. The third-order valence-electron chi connectivity index (χ3n) is 3.34. The Kier molecular flexibility index (Phi) is 3.55. The van der Waals surface area contributed by atoms with Crippen molar-refractivity contribution in [3.8, 4) is 0 Å². The summed E-state index contributed by atoms with van der Waals surface area (Å²) < 4.78 is 0. The highest BCUT2D eigenvalue weighted by Crippen LogP contribution is 2.33. The molecule has 1 amide bonds. The van der Waals surface area contributed by atoms with Crippen LogP contribution in [0.3, 0.4) is 0 Å². The monoisotopic (exact) mass is 306 g/mol. The molecule has 5 heteroatoms. The molecule has 0 saturated carbocycles. The number of nitrogens with one attached hydrogen (secondary N) is 2. The van der Waals surface area contributed by atoms with Crippen molar-refractivity contribution in [1.29, 1.82) is 0 Å². The Morgan fingerprint density at radius 3 is 2.80 bits per heavy atom. The van der Waals surface area contributed by atoms with E-state index in [0.29, 0.717) is 22.3 Å². The Morgan fingerprint density at radius 1 is 1.20 bits per heavy atom. The number of anilines is 2. The molecule has 0 bridgehead atoms. The molecule has 0 aliphatic carbocycles. The standard InChI is InChI=1S/C15H12Cl2N2O/c16-9-5-6-14(12(17)7-9)19-15(20)11-8-18-13-4-2-1-3-10(11)13/h1-7,11,18H,8H2,(H,19,20). The van der Waals surface area contributed by atoms with Crippen LogP contribution in [0.25, 0.3) is 0 Å².